The van der Waals surface area contributed by atoms with Crippen molar-refractivity contribution in [2.45, 2.75) is 33.4 Å². The Bertz CT molecular complexity index is 1150. The van der Waals surface area contributed by atoms with E-state index in [0.29, 0.717) is 35.3 Å². The summed E-state index contributed by atoms with van der Waals surface area (Å²) in [5.74, 6) is 0.757. The summed E-state index contributed by atoms with van der Waals surface area (Å²) in [7, 11) is 0. The topological polar surface area (TPSA) is 92.1 Å². The highest BCUT2D eigenvalue weighted by molar-refractivity contribution is 8.02. The molecule has 2 N–H and O–H groups in total. The molecule has 0 aliphatic rings. The van der Waals surface area contributed by atoms with Gasteiger partial charge in [0.05, 0.1) is 23.0 Å². The third-order valence-corrected chi connectivity index (χ3v) is 6.63. The highest BCUT2D eigenvalue weighted by Crippen LogP contribution is 2.52. The lowest BCUT2D eigenvalue weighted by atomic mass is 10.1. The summed E-state index contributed by atoms with van der Waals surface area (Å²) in [5.41, 5.74) is 7.16. The molecule has 0 atom stereocenters. The van der Waals surface area contributed by atoms with Gasteiger partial charge in [0.25, 0.3) is 0 Å². The lowest BCUT2D eigenvalue weighted by Crippen LogP contribution is -2.05. The fraction of sp³-hybridized carbons (Fsp3) is 0.167. The van der Waals surface area contributed by atoms with Gasteiger partial charge in [-0.15, -0.1) is 0 Å². The first kappa shape index (κ1) is 22.4. The Hall–Kier alpha value is -3.26. The van der Waals surface area contributed by atoms with Crippen LogP contribution < -0.4 is 15.2 Å². The number of benzene rings is 3. The number of ether oxygens (including phenoxy) is 2. The third kappa shape index (κ3) is 4.91. The maximum absolute atomic E-state index is 9.90. The van der Waals surface area contributed by atoms with Crippen LogP contribution in [0.25, 0.3) is 0 Å². The second-order valence-electron chi connectivity index (χ2n) is 6.21. The lowest BCUT2D eigenvalue weighted by Gasteiger charge is -2.21. The van der Waals surface area contributed by atoms with Gasteiger partial charge >= 0.3 is 0 Å². The molecule has 0 aliphatic carbocycles. The monoisotopic (exact) mass is 447 g/mol. The van der Waals surface area contributed by atoms with E-state index in [9.17, 15) is 10.5 Å². The van der Waals surface area contributed by atoms with Crippen molar-refractivity contribution in [3.63, 3.8) is 0 Å². The number of rotatable bonds is 8. The second-order valence-corrected chi connectivity index (χ2v) is 8.35. The zero-order chi connectivity index (χ0) is 22.2. The number of hydrogen-bond donors (Lipinski definition) is 1. The Morgan fingerprint density at radius 1 is 0.774 bits per heavy atom. The normalized spacial score (nSPS) is 10.2. The Kier molecular flexibility index (Phi) is 7.72. The summed E-state index contributed by atoms with van der Waals surface area (Å²) < 4.78 is 11.8. The largest absolute Gasteiger partial charge is 0.491 e. The van der Waals surface area contributed by atoms with E-state index in [2.05, 4.69) is 12.1 Å². The van der Waals surface area contributed by atoms with Crippen molar-refractivity contribution in [1.29, 1.82) is 10.5 Å². The highest BCUT2D eigenvalue weighted by atomic mass is 32.2. The molecule has 3 rings (SSSR count). The predicted molar refractivity (Wildman–Crippen MR) is 124 cm³/mol. The molecule has 0 aromatic heterocycles. The number of nitrogen functional groups attached to an aromatic ring is 1. The molecule has 0 amide bonds. The predicted octanol–water partition coefficient (Wildman–Crippen LogP) is 6.11. The van der Waals surface area contributed by atoms with Crippen LogP contribution >= 0.6 is 23.5 Å². The van der Waals surface area contributed by atoms with Gasteiger partial charge in [0.2, 0.25) is 0 Å². The van der Waals surface area contributed by atoms with Crippen LogP contribution in [0.4, 0.5) is 5.69 Å². The minimum Gasteiger partial charge on any atom is -0.491 e. The zero-order valence-electron chi connectivity index (χ0n) is 17.2. The Morgan fingerprint density at radius 2 is 1.29 bits per heavy atom. The first-order valence-corrected chi connectivity index (χ1v) is 11.3. The maximum atomic E-state index is 9.90. The van der Waals surface area contributed by atoms with E-state index in [-0.39, 0.29) is 11.1 Å². The summed E-state index contributed by atoms with van der Waals surface area (Å²) in [6.07, 6.45) is 0. The number of nitrogens with zero attached hydrogens (tertiary/aromatic N) is 2. The van der Waals surface area contributed by atoms with Crippen LogP contribution in [0.1, 0.15) is 25.0 Å². The van der Waals surface area contributed by atoms with Crippen molar-refractivity contribution in [2.24, 2.45) is 0 Å². The van der Waals surface area contributed by atoms with Crippen LogP contribution in [0.15, 0.2) is 74.2 Å². The van der Waals surface area contributed by atoms with Gasteiger partial charge in [-0.05, 0) is 38.1 Å². The molecule has 0 radical (unpaired) electrons. The van der Waals surface area contributed by atoms with Gasteiger partial charge in [0.1, 0.15) is 23.3 Å². The molecule has 3 aromatic rings. The van der Waals surface area contributed by atoms with Gasteiger partial charge in [-0.2, -0.15) is 10.5 Å². The number of para-hydroxylation sites is 1. The molecule has 0 bridgehead atoms. The quantitative estimate of drug-likeness (QED) is 0.416. The SMILES string of the molecule is CCOc1c(C#N)c(C#N)c(OCC)c(Sc2ccccc2N)c1Sc1ccccc1. The summed E-state index contributed by atoms with van der Waals surface area (Å²) >= 11 is 2.87. The van der Waals surface area contributed by atoms with Gasteiger partial charge in [-0.25, -0.2) is 0 Å². The summed E-state index contributed by atoms with van der Waals surface area (Å²) in [4.78, 5) is 3.23. The van der Waals surface area contributed by atoms with E-state index in [1.54, 1.807) is 0 Å². The van der Waals surface area contributed by atoms with E-state index >= 15 is 0 Å². The molecule has 0 spiro atoms. The van der Waals surface area contributed by atoms with Crippen LogP contribution in [0, 0.1) is 22.7 Å². The van der Waals surface area contributed by atoms with Crippen LogP contribution in [0.3, 0.4) is 0 Å². The summed E-state index contributed by atoms with van der Waals surface area (Å²) in [6, 6.07) is 21.6. The molecule has 0 saturated heterocycles. The van der Waals surface area contributed by atoms with Crippen molar-refractivity contribution in [3.05, 3.63) is 65.7 Å². The molecule has 31 heavy (non-hydrogen) atoms. The minimum atomic E-state index is 0.169. The van der Waals surface area contributed by atoms with Gasteiger partial charge in [0, 0.05) is 15.5 Å². The fourth-order valence-electron chi connectivity index (χ4n) is 2.91. The van der Waals surface area contributed by atoms with Crippen molar-refractivity contribution < 1.29 is 9.47 Å². The van der Waals surface area contributed by atoms with E-state index in [1.807, 2.05) is 68.4 Å². The van der Waals surface area contributed by atoms with Crippen molar-refractivity contribution in [1.82, 2.24) is 0 Å². The van der Waals surface area contributed by atoms with E-state index in [1.165, 1.54) is 23.5 Å². The summed E-state index contributed by atoms with van der Waals surface area (Å²) in [5, 5.41) is 19.8. The standard InChI is InChI=1S/C24H21N3O2S2/c1-3-28-21-17(14-25)18(15-26)22(29-4-2)24(31-20-13-9-8-12-19(20)27)23(21)30-16-10-6-5-7-11-16/h5-13H,3-4,27H2,1-2H3. The number of anilines is 1. The van der Waals surface area contributed by atoms with Crippen molar-refractivity contribution in [3.8, 4) is 23.6 Å². The average Bonchev–Trinajstić information content (AvgIpc) is 2.79. The molecule has 5 nitrogen and oxygen atoms in total. The molecule has 0 heterocycles. The molecule has 0 fully saturated rings. The number of nitrogens with two attached hydrogens (primary N) is 1. The maximum Gasteiger partial charge on any atom is 0.153 e. The summed E-state index contributed by atoms with van der Waals surface area (Å²) in [6.45, 7) is 4.40. The Labute approximate surface area is 190 Å². The number of nitriles is 2. The zero-order valence-corrected chi connectivity index (χ0v) is 18.8. The minimum absolute atomic E-state index is 0.169. The molecule has 0 unspecified atom stereocenters. The molecule has 156 valence electrons. The molecular formula is C24H21N3O2S2. The first-order chi connectivity index (χ1) is 15.1. The van der Waals surface area contributed by atoms with Crippen molar-refractivity contribution >= 4 is 29.2 Å². The Morgan fingerprint density at radius 3 is 1.81 bits per heavy atom. The van der Waals surface area contributed by atoms with E-state index < -0.39 is 0 Å². The smallest absolute Gasteiger partial charge is 0.153 e. The van der Waals surface area contributed by atoms with E-state index in [0.717, 1.165) is 14.7 Å². The fourth-order valence-corrected chi connectivity index (χ4v) is 5.12. The van der Waals surface area contributed by atoms with Crippen LogP contribution in [0.5, 0.6) is 11.5 Å². The van der Waals surface area contributed by atoms with Gasteiger partial charge < -0.3 is 15.2 Å². The van der Waals surface area contributed by atoms with Crippen molar-refractivity contribution in [2.75, 3.05) is 18.9 Å². The molecule has 0 aliphatic heterocycles. The highest BCUT2D eigenvalue weighted by Gasteiger charge is 2.28. The molecule has 0 saturated carbocycles. The van der Waals surface area contributed by atoms with Gasteiger partial charge in [-0.1, -0.05) is 53.9 Å². The molecule has 7 heteroatoms. The van der Waals surface area contributed by atoms with Crippen LogP contribution in [-0.4, -0.2) is 13.2 Å². The first-order valence-electron chi connectivity index (χ1n) is 9.69. The average molecular weight is 448 g/mol. The lowest BCUT2D eigenvalue weighted by molar-refractivity contribution is 0.314. The van der Waals surface area contributed by atoms with Gasteiger partial charge in [-0.3, -0.25) is 0 Å². The molecular weight excluding hydrogens is 426 g/mol. The van der Waals surface area contributed by atoms with E-state index in [4.69, 9.17) is 15.2 Å². The Balaban J connectivity index is 2.34. The molecule has 3 aromatic carbocycles. The second kappa shape index (κ2) is 10.7. The number of hydrogen-bond acceptors (Lipinski definition) is 7. The van der Waals surface area contributed by atoms with Crippen LogP contribution in [-0.2, 0) is 0 Å². The van der Waals surface area contributed by atoms with Crippen LogP contribution in [0.2, 0.25) is 0 Å². The third-order valence-electron chi connectivity index (χ3n) is 4.22. The van der Waals surface area contributed by atoms with Gasteiger partial charge in [0.15, 0.2) is 11.5 Å².